The molecule has 0 aromatic carbocycles. The lowest BCUT2D eigenvalue weighted by Gasteiger charge is -2.30. The second-order valence-corrected chi connectivity index (χ2v) is 5.40. The molecular weight excluding hydrogens is 246 g/mol. The van der Waals surface area contributed by atoms with Crippen LogP contribution in [0.25, 0.3) is 0 Å². The minimum atomic E-state index is 0.667. The Bertz CT molecular complexity index is 370. The fourth-order valence-electron chi connectivity index (χ4n) is 2.68. The Balaban J connectivity index is 1.89. The van der Waals surface area contributed by atoms with Crippen LogP contribution in [0.5, 0.6) is 0 Å². The number of alkyl halides is 1. The first-order valence-corrected chi connectivity index (χ1v) is 7.47. The molecule has 1 aliphatic carbocycles. The molecule has 2 unspecified atom stereocenters. The molecule has 0 bridgehead atoms. The lowest BCUT2D eigenvalue weighted by atomic mass is 9.80. The smallest absolute Gasteiger partial charge is 0.129 e. The lowest BCUT2D eigenvalue weighted by Crippen LogP contribution is -2.27. The van der Waals surface area contributed by atoms with Crippen molar-refractivity contribution in [2.45, 2.75) is 39.0 Å². The number of hydrogen-bond acceptors (Lipinski definition) is 3. The van der Waals surface area contributed by atoms with Crippen molar-refractivity contribution in [3.63, 3.8) is 0 Å². The highest BCUT2D eigenvalue weighted by Gasteiger charge is 2.24. The van der Waals surface area contributed by atoms with Crippen molar-refractivity contribution in [3.05, 3.63) is 18.1 Å². The highest BCUT2D eigenvalue weighted by molar-refractivity contribution is 6.18. The van der Waals surface area contributed by atoms with Gasteiger partial charge in [0.25, 0.3) is 0 Å². The zero-order valence-corrected chi connectivity index (χ0v) is 11.8. The van der Waals surface area contributed by atoms with Crippen molar-refractivity contribution < 1.29 is 0 Å². The first kappa shape index (κ1) is 13.6. The maximum atomic E-state index is 6.05. The standard InChI is InChI=1S/C14H22ClN3/c1-2-13-7-14(18-10-17-13)16-9-12-6-4-3-5-11(12)8-15/h7,10-12H,2-6,8-9H2,1H3,(H,16,17,18). The van der Waals surface area contributed by atoms with Crippen molar-refractivity contribution in [1.29, 1.82) is 0 Å². The summed E-state index contributed by atoms with van der Waals surface area (Å²) in [4.78, 5) is 8.48. The van der Waals surface area contributed by atoms with Gasteiger partial charge in [0.05, 0.1) is 0 Å². The van der Waals surface area contributed by atoms with Crippen LogP contribution in [-0.4, -0.2) is 22.4 Å². The molecule has 3 nitrogen and oxygen atoms in total. The molecule has 0 saturated heterocycles. The highest BCUT2D eigenvalue weighted by atomic mass is 35.5. The second-order valence-electron chi connectivity index (χ2n) is 5.09. The van der Waals surface area contributed by atoms with Crippen LogP contribution >= 0.6 is 11.6 Å². The van der Waals surface area contributed by atoms with Crippen LogP contribution in [0.15, 0.2) is 12.4 Å². The predicted molar refractivity (Wildman–Crippen MR) is 76.1 cm³/mol. The molecule has 2 rings (SSSR count). The van der Waals surface area contributed by atoms with E-state index >= 15 is 0 Å². The lowest BCUT2D eigenvalue weighted by molar-refractivity contribution is 0.272. The van der Waals surface area contributed by atoms with Gasteiger partial charge in [-0.3, -0.25) is 0 Å². The van der Waals surface area contributed by atoms with Crippen LogP contribution < -0.4 is 5.32 Å². The first-order valence-electron chi connectivity index (χ1n) is 6.94. The average molecular weight is 268 g/mol. The van der Waals surface area contributed by atoms with Crippen LogP contribution in [0.4, 0.5) is 5.82 Å². The maximum Gasteiger partial charge on any atom is 0.129 e. The van der Waals surface area contributed by atoms with Crippen LogP contribution in [-0.2, 0) is 6.42 Å². The largest absolute Gasteiger partial charge is 0.370 e. The zero-order chi connectivity index (χ0) is 12.8. The van der Waals surface area contributed by atoms with Crippen molar-refractivity contribution >= 4 is 17.4 Å². The van der Waals surface area contributed by atoms with Crippen LogP contribution in [0, 0.1) is 11.8 Å². The maximum absolute atomic E-state index is 6.05. The SMILES string of the molecule is CCc1cc(NCC2CCCCC2CCl)ncn1. The van der Waals surface area contributed by atoms with E-state index in [2.05, 4.69) is 22.2 Å². The molecule has 4 heteroatoms. The number of aryl methyl sites for hydroxylation is 1. The normalized spacial score (nSPS) is 23.9. The number of anilines is 1. The quantitative estimate of drug-likeness (QED) is 0.830. The van der Waals surface area contributed by atoms with Gasteiger partial charge in [0.1, 0.15) is 12.1 Å². The zero-order valence-electron chi connectivity index (χ0n) is 11.0. The highest BCUT2D eigenvalue weighted by Crippen LogP contribution is 2.30. The number of halogens is 1. The summed E-state index contributed by atoms with van der Waals surface area (Å²) < 4.78 is 0. The first-order chi connectivity index (χ1) is 8.83. The number of aromatic nitrogens is 2. The molecule has 1 heterocycles. The van der Waals surface area contributed by atoms with E-state index in [1.165, 1.54) is 25.7 Å². The van der Waals surface area contributed by atoms with Gasteiger partial charge in [0, 0.05) is 24.2 Å². The summed E-state index contributed by atoms with van der Waals surface area (Å²) >= 11 is 6.05. The average Bonchev–Trinajstić information content (AvgIpc) is 2.45. The third-order valence-electron chi connectivity index (χ3n) is 3.90. The Morgan fingerprint density at radius 1 is 1.28 bits per heavy atom. The van der Waals surface area contributed by atoms with Crippen molar-refractivity contribution in [1.82, 2.24) is 9.97 Å². The van der Waals surface area contributed by atoms with Crippen molar-refractivity contribution in [2.24, 2.45) is 11.8 Å². The van der Waals surface area contributed by atoms with E-state index in [0.717, 1.165) is 30.4 Å². The van der Waals surface area contributed by atoms with Crippen molar-refractivity contribution in [3.8, 4) is 0 Å². The molecule has 1 aliphatic rings. The Labute approximate surface area is 114 Å². The van der Waals surface area contributed by atoms with Gasteiger partial charge in [0.15, 0.2) is 0 Å². The fraction of sp³-hybridized carbons (Fsp3) is 0.714. The van der Waals surface area contributed by atoms with E-state index in [1.54, 1.807) is 6.33 Å². The summed E-state index contributed by atoms with van der Waals surface area (Å²) in [7, 11) is 0. The van der Waals surface area contributed by atoms with Gasteiger partial charge in [-0.1, -0.05) is 19.8 Å². The van der Waals surface area contributed by atoms with Crippen LogP contribution in [0.1, 0.15) is 38.3 Å². The van der Waals surface area contributed by atoms with Crippen LogP contribution in [0.3, 0.4) is 0 Å². The number of nitrogens with one attached hydrogen (secondary N) is 1. The summed E-state index contributed by atoms with van der Waals surface area (Å²) in [6.07, 6.45) is 7.83. The van der Waals surface area contributed by atoms with E-state index in [4.69, 9.17) is 11.6 Å². The molecule has 2 atom stereocenters. The van der Waals surface area contributed by atoms with Gasteiger partial charge < -0.3 is 5.32 Å². The second kappa shape index (κ2) is 6.93. The van der Waals surface area contributed by atoms with Gasteiger partial charge in [-0.15, -0.1) is 11.6 Å². The number of nitrogens with zero attached hydrogens (tertiary/aromatic N) is 2. The van der Waals surface area contributed by atoms with E-state index in [1.807, 2.05) is 6.07 Å². The van der Waals surface area contributed by atoms with Gasteiger partial charge >= 0.3 is 0 Å². The molecule has 1 N–H and O–H groups in total. The summed E-state index contributed by atoms with van der Waals surface area (Å²) in [6.45, 7) is 3.09. The summed E-state index contributed by atoms with van der Waals surface area (Å²) in [5, 5.41) is 3.44. The molecule has 1 aromatic rings. The third kappa shape index (κ3) is 3.58. The molecule has 0 spiro atoms. The molecule has 100 valence electrons. The molecule has 1 fully saturated rings. The molecular formula is C14H22ClN3. The van der Waals surface area contributed by atoms with E-state index in [0.29, 0.717) is 11.8 Å². The fourth-order valence-corrected chi connectivity index (χ4v) is 3.09. The summed E-state index contributed by atoms with van der Waals surface area (Å²) in [5.74, 6) is 3.09. The minimum Gasteiger partial charge on any atom is -0.370 e. The Morgan fingerprint density at radius 3 is 2.78 bits per heavy atom. The minimum absolute atomic E-state index is 0.667. The predicted octanol–water partition coefficient (Wildman–Crippen LogP) is 3.50. The molecule has 0 radical (unpaired) electrons. The van der Waals surface area contributed by atoms with E-state index < -0.39 is 0 Å². The van der Waals surface area contributed by atoms with Gasteiger partial charge in [0.2, 0.25) is 0 Å². The number of hydrogen-bond donors (Lipinski definition) is 1. The Morgan fingerprint density at radius 2 is 2.06 bits per heavy atom. The molecule has 0 amide bonds. The molecule has 0 aliphatic heterocycles. The van der Waals surface area contributed by atoms with Crippen molar-refractivity contribution in [2.75, 3.05) is 17.7 Å². The third-order valence-corrected chi connectivity index (χ3v) is 4.29. The van der Waals surface area contributed by atoms with E-state index in [-0.39, 0.29) is 0 Å². The topological polar surface area (TPSA) is 37.8 Å². The van der Waals surface area contributed by atoms with Crippen LogP contribution in [0.2, 0.25) is 0 Å². The monoisotopic (exact) mass is 267 g/mol. The van der Waals surface area contributed by atoms with Gasteiger partial charge in [-0.2, -0.15) is 0 Å². The Kier molecular flexibility index (Phi) is 5.24. The number of rotatable bonds is 5. The van der Waals surface area contributed by atoms with E-state index in [9.17, 15) is 0 Å². The summed E-state index contributed by atoms with van der Waals surface area (Å²) in [5.41, 5.74) is 1.09. The van der Waals surface area contributed by atoms with Gasteiger partial charge in [-0.25, -0.2) is 9.97 Å². The molecule has 1 aromatic heterocycles. The van der Waals surface area contributed by atoms with Gasteiger partial charge in [-0.05, 0) is 31.1 Å². The molecule has 1 saturated carbocycles. The Hall–Kier alpha value is -0.830. The summed E-state index contributed by atoms with van der Waals surface area (Å²) in [6, 6.07) is 2.04. The molecule has 18 heavy (non-hydrogen) atoms.